The number of halogens is 2. The molecule has 2 aromatic rings. The number of rotatable bonds is 2. The van der Waals surface area contributed by atoms with E-state index in [1.54, 1.807) is 4.90 Å². The molecule has 6 nitrogen and oxygen atoms in total. The molecule has 8 heteroatoms. The second-order valence-corrected chi connectivity index (χ2v) is 7.93. The van der Waals surface area contributed by atoms with Crippen molar-refractivity contribution in [1.82, 2.24) is 19.9 Å². The second kappa shape index (κ2) is 7.31. The van der Waals surface area contributed by atoms with Crippen LogP contribution in [0.5, 0.6) is 0 Å². The SMILES string of the molecule is CC1CN(C(=O)OC(C)(C)C)CC=C1c1nc(-c2ccc(F)cn2)[nH]c1Cl. The van der Waals surface area contributed by atoms with Gasteiger partial charge < -0.3 is 14.6 Å². The Bertz CT molecular complexity index is 871. The minimum Gasteiger partial charge on any atom is -0.444 e. The van der Waals surface area contributed by atoms with Gasteiger partial charge in [0.2, 0.25) is 0 Å². The van der Waals surface area contributed by atoms with Crippen LogP contribution >= 0.6 is 11.6 Å². The van der Waals surface area contributed by atoms with Gasteiger partial charge in [0.25, 0.3) is 0 Å². The van der Waals surface area contributed by atoms with E-state index in [9.17, 15) is 9.18 Å². The molecule has 0 aromatic carbocycles. The predicted molar refractivity (Wildman–Crippen MR) is 102 cm³/mol. The van der Waals surface area contributed by atoms with Crippen LogP contribution in [0.2, 0.25) is 5.15 Å². The molecule has 27 heavy (non-hydrogen) atoms. The van der Waals surface area contributed by atoms with Crippen LogP contribution in [0.3, 0.4) is 0 Å². The number of aromatic nitrogens is 3. The Morgan fingerprint density at radius 2 is 2.15 bits per heavy atom. The number of carbonyl (C=O) groups excluding carboxylic acids is 1. The van der Waals surface area contributed by atoms with E-state index in [0.717, 1.165) is 11.8 Å². The Morgan fingerprint density at radius 3 is 2.74 bits per heavy atom. The molecule has 144 valence electrons. The minimum atomic E-state index is -0.535. The van der Waals surface area contributed by atoms with Gasteiger partial charge in [-0.05, 0) is 38.5 Å². The average Bonchev–Trinajstić information content (AvgIpc) is 2.95. The van der Waals surface area contributed by atoms with Crippen LogP contribution in [-0.4, -0.2) is 44.6 Å². The van der Waals surface area contributed by atoms with Gasteiger partial charge in [0, 0.05) is 19.0 Å². The highest BCUT2D eigenvalue weighted by Gasteiger charge is 2.29. The lowest BCUT2D eigenvalue weighted by molar-refractivity contribution is 0.0251. The topological polar surface area (TPSA) is 71.1 Å². The smallest absolute Gasteiger partial charge is 0.410 e. The van der Waals surface area contributed by atoms with E-state index in [0.29, 0.717) is 35.5 Å². The van der Waals surface area contributed by atoms with Gasteiger partial charge in [-0.15, -0.1) is 0 Å². The summed E-state index contributed by atoms with van der Waals surface area (Å²) < 4.78 is 18.5. The number of amides is 1. The zero-order valence-electron chi connectivity index (χ0n) is 15.7. The zero-order chi connectivity index (χ0) is 19.8. The summed E-state index contributed by atoms with van der Waals surface area (Å²) in [6.07, 6.45) is 2.73. The first-order chi connectivity index (χ1) is 12.6. The molecule has 1 atom stereocenters. The summed E-state index contributed by atoms with van der Waals surface area (Å²) >= 11 is 6.34. The molecule has 0 bridgehead atoms. The molecule has 0 fully saturated rings. The van der Waals surface area contributed by atoms with Crippen molar-refractivity contribution >= 4 is 23.3 Å². The van der Waals surface area contributed by atoms with E-state index in [4.69, 9.17) is 16.3 Å². The third-order valence-corrected chi connectivity index (χ3v) is 4.39. The van der Waals surface area contributed by atoms with Crippen molar-refractivity contribution < 1.29 is 13.9 Å². The summed E-state index contributed by atoms with van der Waals surface area (Å²) in [5.41, 5.74) is 1.54. The summed E-state index contributed by atoms with van der Waals surface area (Å²) in [6, 6.07) is 2.86. The van der Waals surface area contributed by atoms with E-state index in [-0.39, 0.29) is 12.0 Å². The first-order valence-electron chi connectivity index (χ1n) is 8.70. The molecular weight excluding hydrogens is 371 g/mol. The maximum Gasteiger partial charge on any atom is 0.410 e. The monoisotopic (exact) mass is 392 g/mol. The van der Waals surface area contributed by atoms with Crippen LogP contribution in [0, 0.1) is 11.7 Å². The standard InChI is InChI=1S/C19H22ClFN4O2/c1-11-10-25(18(26)27-19(2,3)4)8-7-13(11)15-16(20)24-17(23-15)14-6-5-12(21)9-22-14/h5-7,9,11H,8,10H2,1-4H3,(H,23,24). The number of aromatic amines is 1. The first-order valence-corrected chi connectivity index (χ1v) is 9.07. The van der Waals surface area contributed by atoms with Gasteiger partial charge in [0.05, 0.1) is 6.20 Å². The molecule has 1 N–H and O–H groups in total. The number of carbonyl (C=O) groups is 1. The number of pyridine rings is 1. The van der Waals surface area contributed by atoms with Gasteiger partial charge in [0.15, 0.2) is 5.82 Å². The first kappa shape index (κ1) is 19.4. The molecule has 1 aliphatic heterocycles. The van der Waals surface area contributed by atoms with Crippen molar-refractivity contribution in [3.8, 4) is 11.5 Å². The highest BCUT2D eigenvalue weighted by atomic mass is 35.5. The average molecular weight is 393 g/mol. The lowest BCUT2D eigenvalue weighted by Gasteiger charge is -2.32. The van der Waals surface area contributed by atoms with Crippen LogP contribution < -0.4 is 0 Å². The van der Waals surface area contributed by atoms with Crippen LogP contribution in [0.4, 0.5) is 9.18 Å². The van der Waals surface area contributed by atoms with Crippen molar-refractivity contribution in [2.75, 3.05) is 13.1 Å². The van der Waals surface area contributed by atoms with Crippen molar-refractivity contribution in [2.45, 2.75) is 33.3 Å². The Labute approximate surface area is 162 Å². The molecule has 1 aliphatic rings. The van der Waals surface area contributed by atoms with Crippen molar-refractivity contribution in [3.63, 3.8) is 0 Å². The maximum absolute atomic E-state index is 13.1. The number of imidazole rings is 1. The number of ether oxygens (including phenoxy) is 1. The van der Waals surface area contributed by atoms with Crippen LogP contribution in [0.1, 0.15) is 33.4 Å². The molecule has 0 spiro atoms. The van der Waals surface area contributed by atoms with Gasteiger partial charge in [-0.1, -0.05) is 24.6 Å². The Hall–Kier alpha value is -2.41. The molecule has 1 unspecified atom stereocenters. The number of hydrogen-bond acceptors (Lipinski definition) is 4. The molecule has 0 aliphatic carbocycles. The number of nitrogens with one attached hydrogen (secondary N) is 1. The molecule has 1 amide bonds. The molecule has 0 radical (unpaired) electrons. The van der Waals surface area contributed by atoms with Gasteiger partial charge in [-0.2, -0.15) is 0 Å². The summed E-state index contributed by atoms with van der Waals surface area (Å²) in [6.45, 7) is 8.45. The van der Waals surface area contributed by atoms with E-state index >= 15 is 0 Å². The summed E-state index contributed by atoms with van der Waals surface area (Å²) in [7, 11) is 0. The predicted octanol–water partition coefficient (Wildman–Crippen LogP) is 4.53. The number of nitrogens with zero attached hydrogens (tertiary/aromatic N) is 3. The fraction of sp³-hybridized carbons (Fsp3) is 0.421. The van der Waals surface area contributed by atoms with Gasteiger partial charge in [0.1, 0.15) is 28.0 Å². The van der Waals surface area contributed by atoms with Gasteiger partial charge in [-0.3, -0.25) is 0 Å². The van der Waals surface area contributed by atoms with Crippen molar-refractivity contribution in [3.05, 3.63) is 41.1 Å². The lowest BCUT2D eigenvalue weighted by atomic mass is 9.94. The largest absolute Gasteiger partial charge is 0.444 e. The fourth-order valence-corrected chi connectivity index (χ4v) is 3.14. The minimum absolute atomic E-state index is 0.0288. The fourth-order valence-electron chi connectivity index (χ4n) is 2.90. The molecule has 0 saturated heterocycles. The number of hydrogen-bond donors (Lipinski definition) is 1. The molecule has 0 saturated carbocycles. The Morgan fingerprint density at radius 1 is 1.41 bits per heavy atom. The molecular formula is C19H22ClFN4O2. The second-order valence-electron chi connectivity index (χ2n) is 7.56. The van der Waals surface area contributed by atoms with Crippen LogP contribution in [0.25, 0.3) is 17.1 Å². The van der Waals surface area contributed by atoms with Gasteiger partial charge >= 0.3 is 6.09 Å². The third kappa shape index (κ3) is 4.47. The van der Waals surface area contributed by atoms with Crippen LogP contribution in [0.15, 0.2) is 24.4 Å². The lowest BCUT2D eigenvalue weighted by Crippen LogP contribution is -2.41. The van der Waals surface area contributed by atoms with Crippen LogP contribution in [-0.2, 0) is 4.74 Å². The summed E-state index contributed by atoms with van der Waals surface area (Å²) in [4.78, 5) is 25.5. The Kier molecular flexibility index (Phi) is 5.24. The number of H-pyrrole nitrogens is 1. The highest BCUT2D eigenvalue weighted by molar-refractivity contribution is 6.31. The zero-order valence-corrected chi connectivity index (χ0v) is 16.5. The molecule has 3 heterocycles. The van der Waals surface area contributed by atoms with Crippen molar-refractivity contribution in [1.29, 1.82) is 0 Å². The van der Waals surface area contributed by atoms with Crippen molar-refractivity contribution in [2.24, 2.45) is 5.92 Å². The maximum atomic E-state index is 13.1. The third-order valence-electron chi connectivity index (χ3n) is 4.11. The quantitative estimate of drug-likeness (QED) is 0.814. The van der Waals surface area contributed by atoms with Gasteiger partial charge in [-0.25, -0.2) is 19.2 Å². The summed E-state index contributed by atoms with van der Waals surface area (Å²) in [5.74, 6) is 0.0845. The molecule has 2 aromatic heterocycles. The normalized spacial score (nSPS) is 17.6. The molecule has 3 rings (SSSR count). The van der Waals surface area contributed by atoms with E-state index < -0.39 is 11.4 Å². The van der Waals surface area contributed by atoms with E-state index in [1.165, 1.54) is 12.1 Å². The highest BCUT2D eigenvalue weighted by Crippen LogP contribution is 2.33. The van der Waals surface area contributed by atoms with E-state index in [1.807, 2.05) is 33.8 Å². The Balaban J connectivity index is 1.81. The summed E-state index contributed by atoms with van der Waals surface area (Å²) in [5, 5.41) is 0.389. The van der Waals surface area contributed by atoms with E-state index in [2.05, 4.69) is 15.0 Å².